The minimum absolute atomic E-state index is 0.161. The molecule has 4 heteroatoms. The Morgan fingerprint density at radius 1 is 1.44 bits per heavy atom. The summed E-state index contributed by atoms with van der Waals surface area (Å²) in [6.07, 6.45) is 0. The first-order chi connectivity index (χ1) is 7.58. The Morgan fingerprint density at radius 2 is 2.19 bits per heavy atom. The van der Waals surface area contributed by atoms with Gasteiger partial charge in [0, 0.05) is 5.69 Å². The Balaban J connectivity index is 2.34. The highest BCUT2D eigenvalue weighted by Gasteiger charge is 2.02. The van der Waals surface area contributed by atoms with Gasteiger partial charge < -0.3 is 10.6 Å². The molecule has 1 aromatic rings. The minimum Gasteiger partial charge on any atom is -0.325 e. The second-order valence-corrected chi connectivity index (χ2v) is 4.08. The largest absolute Gasteiger partial charge is 0.325 e. The van der Waals surface area contributed by atoms with E-state index < -0.39 is 0 Å². The number of rotatable bonds is 5. The zero-order chi connectivity index (χ0) is 12.0. The van der Waals surface area contributed by atoms with Crippen molar-refractivity contribution < 1.29 is 9.18 Å². The van der Waals surface area contributed by atoms with Gasteiger partial charge in [-0.15, -0.1) is 0 Å². The second kappa shape index (κ2) is 6.23. The molecule has 3 nitrogen and oxygen atoms in total. The maximum Gasteiger partial charge on any atom is 0.238 e. The predicted molar refractivity (Wildman–Crippen MR) is 62.7 cm³/mol. The summed E-state index contributed by atoms with van der Waals surface area (Å²) in [5.74, 6) is -0.0128. The van der Waals surface area contributed by atoms with Gasteiger partial charge in [0.05, 0.1) is 6.54 Å². The van der Waals surface area contributed by atoms with Crippen molar-refractivity contribution in [3.05, 3.63) is 30.1 Å². The van der Waals surface area contributed by atoms with Crippen molar-refractivity contribution >= 4 is 11.6 Å². The number of carbonyl (C=O) groups excluding carboxylic acids is 1. The molecule has 0 aliphatic rings. The van der Waals surface area contributed by atoms with Crippen molar-refractivity contribution in [1.82, 2.24) is 5.32 Å². The fourth-order valence-corrected chi connectivity index (χ4v) is 1.25. The van der Waals surface area contributed by atoms with Gasteiger partial charge in [-0.05, 0) is 30.7 Å². The van der Waals surface area contributed by atoms with Crippen LogP contribution in [0.1, 0.15) is 13.8 Å². The predicted octanol–water partition coefficient (Wildman–Crippen LogP) is 2.01. The van der Waals surface area contributed by atoms with Crippen LogP contribution in [0.5, 0.6) is 0 Å². The lowest BCUT2D eigenvalue weighted by Gasteiger charge is -2.08. The van der Waals surface area contributed by atoms with E-state index in [4.69, 9.17) is 0 Å². The average molecular weight is 224 g/mol. The summed E-state index contributed by atoms with van der Waals surface area (Å²) >= 11 is 0. The number of anilines is 1. The van der Waals surface area contributed by atoms with E-state index in [0.717, 1.165) is 6.54 Å². The monoisotopic (exact) mass is 224 g/mol. The molecule has 0 aromatic heterocycles. The van der Waals surface area contributed by atoms with Gasteiger partial charge in [-0.1, -0.05) is 19.9 Å². The lowest BCUT2D eigenvalue weighted by molar-refractivity contribution is -0.115. The van der Waals surface area contributed by atoms with Gasteiger partial charge in [0.2, 0.25) is 5.91 Å². The maximum atomic E-state index is 12.8. The number of carbonyl (C=O) groups is 1. The van der Waals surface area contributed by atoms with Crippen LogP contribution in [0, 0.1) is 11.7 Å². The van der Waals surface area contributed by atoms with Crippen LogP contribution in [0.15, 0.2) is 24.3 Å². The van der Waals surface area contributed by atoms with Gasteiger partial charge in [-0.2, -0.15) is 0 Å². The van der Waals surface area contributed by atoms with Gasteiger partial charge in [-0.3, -0.25) is 4.79 Å². The molecule has 1 rings (SSSR count). The zero-order valence-electron chi connectivity index (χ0n) is 9.59. The molecule has 16 heavy (non-hydrogen) atoms. The molecule has 0 radical (unpaired) electrons. The van der Waals surface area contributed by atoms with Crippen molar-refractivity contribution in [2.75, 3.05) is 18.4 Å². The molecule has 88 valence electrons. The molecule has 0 saturated heterocycles. The normalized spacial score (nSPS) is 10.5. The van der Waals surface area contributed by atoms with Crippen LogP contribution in [-0.4, -0.2) is 19.0 Å². The third-order valence-corrected chi connectivity index (χ3v) is 1.95. The Bertz CT molecular complexity index is 353. The average Bonchev–Trinajstić information content (AvgIpc) is 2.16. The molecule has 0 heterocycles. The van der Waals surface area contributed by atoms with E-state index in [-0.39, 0.29) is 18.3 Å². The SMILES string of the molecule is CC(C)CNCC(=O)Nc1cccc(F)c1. The Labute approximate surface area is 95.0 Å². The fourth-order valence-electron chi connectivity index (χ4n) is 1.25. The number of amides is 1. The van der Waals surface area contributed by atoms with E-state index in [2.05, 4.69) is 24.5 Å². The van der Waals surface area contributed by atoms with Crippen molar-refractivity contribution in [3.8, 4) is 0 Å². The second-order valence-electron chi connectivity index (χ2n) is 4.08. The molecule has 0 atom stereocenters. The molecule has 0 saturated carbocycles. The summed E-state index contributed by atoms with van der Waals surface area (Å²) < 4.78 is 12.8. The summed E-state index contributed by atoms with van der Waals surface area (Å²) in [5, 5.41) is 5.63. The number of benzene rings is 1. The van der Waals surface area contributed by atoms with Crippen LogP contribution in [0.4, 0.5) is 10.1 Å². The molecule has 0 bridgehead atoms. The lowest BCUT2D eigenvalue weighted by Crippen LogP contribution is -2.30. The highest BCUT2D eigenvalue weighted by Crippen LogP contribution is 2.08. The molecule has 0 aliphatic carbocycles. The van der Waals surface area contributed by atoms with Gasteiger partial charge >= 0.3 is 0 Å². The van der Waals surface area contributed by atoms with Crippen LogP contribution in [0.2, 0.25) is 0 Å². The van der Waals surface area contributed by atoms with Crippen molar-refractivity contribution in [2.45, 2.75) is 13.8 Å². The highest BCUT2D eigenvalue weighted by atomic mass is 19.1. The molecular weight excluding hydrogens is 207 g/mol. The third-order valence-electron chi connectivity index (χ3n) is 1.95. The minimum atomic E-state index is -0.354. The molecule has 0 aliphatic heterocycles. The summed E-state index contributed by atoms with van der Waals surface area (Å²) in [6.45, 7) is 5.17. The molecule has 2 N–H and O–H groups in total. The van der Waals surface area contributed by atoms with Gasteiger partial charge in [0.25, 0.3) is 0 Å². The van der Waals surface area contributed by atoms with E-state index in [1.807, 2.05) is 0 Å². The number of halogens is 1. The number of hydrogen-bond donors (Lipinski definition) is 2. The zero-order valence-corrected chi connectivity index (χ0v) is 9.59. The van der Waals surface area contributed by atoms with Crippen molar-refractivity contribution in [3.63, 3.8) is 0 Å². The Hall–Kier alpha value is -1.42. The maximum absolute atomic E-state index is 12.8. The van der Waals surface area contributed by atoms with Crippen LogP contribution >= 0.6 is 0 Å². The summed E-state index contributed by atoms with van der Waals surface area (Å²) in [7, 11) is 0. The van der Waals surface area contributed by atoms with Gasteiger partial charge in [-0.25, -0.2) is 4.39 Å². The first kappa shape index (κ1) is 12.6. The van der Waals surface area contributed by atoms with Gasteiger partial charge in [0.1, 0.15) is 5.82 Å². The smallest absolute Gasteiger partial charge is 0.238 e. The van der Waals surface area contributed by atoms with Crippen LogP contribution in [-0.2, 0) is 4.79 Å². The van der Waals surface area contributed by atoms with Crippen LogP contribution in [0.3, 0.4) is 0 Å². The highest BCUT2D eigenvalue weighted by molar-refractivity contribution is 5.92. The van der Waals surface area contributed by atoms with E-state index in [0.29, 0.717) is 11.6 Å². The topological polar surface area (TPSA) is 41.1 Å². The number of nitrogens with one attached hydrogen (secondary N) is 2. The quantitative estimate of drug-likeness (QED) is 0.803. The molecule has 0 spiro atoms. The molecular formula is C12H17FN2O. The molecule has 1 aromatic carbocycles. The van der Waals surface area contributed by atoms with Crippen LogP contribution in [0.25, 0.3) is 0 Å². The van der Waals surface area contributed by atoms with Crippen molar-refractivity contribution in [1.29, 1.82) is 0 Å². The molecule has 1 amide bonds. The number of hydrogen-bond acceptors (Lipinski definition) is 2. The van der Waals surface area contributed by atoms with E-state index in [1.54, 1.807) is 12.1 Å². The summed E-state index contributed by atoms with van der Waals surface area (Å²) in [4.78, 5) is 11.4. The van der Waals surface area contributed by atoms with Gasteiger partial charge in [0.15, 0.2) is 0 Å². The Morgan fingerprint density at radius 3 is 2.81 bits per heavy atom. The lowest BCUT2D eigenvalue weighted by atomic mass is 10.2. The van der Waals surface area contributed by atoms with E-state index in [1.165, 1.54) is 12.1 Å². The standard InChI is InChI=1S/C12H17FN2O/c1-9(2)7-14-8-12(16)15-11-5-3-4-10(13)6-11/h3-6,9,14H,7-8H2,1-2H3,(H,15,16). The first-order valence-electron chi connectivity index (χ1n) is 5.34. The third kappa shape index (κ3) is 4.89. The van der Waals surface area contributed by atoms with E-state index >= 15 is 0 Å². The first-order valence-corrected chi connectivity index (χ1v) is 5.34. The molecule has 0 fully saturated rings. The van der Waals surface area contributed by atoms with Crippen LogP contribution < -0.4 is 10.6 Å². The molecule has 0 unspecified atom stereocenters. The summed E-state index contributed by atoms with van der Waals surface area (Å²) in [6, 6.07) is 5.85. The van der Waals surface area contributed by atoms with E-state index in [9.17, 15) is 9.18 Å². The fraction of sp³-hybridized carbons (Fsp3) is 0.417. The summed E-state index contributed by atoms with van der Waals surface area (Å²) in [5.41, 5.74) is 0.483. The van der Waals surface area contributed by atoms with Crippen molar-refractivity contribution in [2.24, 2.45) is 5.92 Å². The Kier molecular flexibility index (Phi) is 4.92.